The number of nitrogens with zero attached hydrogens (tertiary/aromatic N) is 4. The van der Waals surface area contributed by atoms with Gasteiger partial charge in [0.1, 0.15) is 11.6 Å². The highest BCUT2D eigenvalue weighted by atomic mass is 32.1. The van der Waals surface area contributed by atoms with Crippen LogP contribution < -0.4 is 15.0 Å². The molecule has 176 valence electrons. The molecule has 0 unspecified atom stereocenters. The summed E-state index contributed by atoms with van der Waals surface area (Å²) in [6, 6.07) is 14.1. The summed E-state index contributed by atoms with van der Waals surface area (Å²) in [5, 5.41) is 8.63. The molecule has 34 heavy (non-hydrogen) atoms. The smallest absolute Gasteiger partial charge is 0.225 e. The van der Waals surface area contributed by atoms with Crippen LogP contribution in [0.25, 0.3) is 16.2 Å². The molecular formula is C25H26FN5O2S. The van der Waals surface area contributed by atoms with Crippen molar-refractivity contribution in [2.75, 3.05) is 24.6 Å². The lowest BCUT2D eigenvalue weighted by molar-refractivity contribution is -0.125. The zero-order chi connectivity index (χ0) is 23.5. The Morgan fingerprint density at radius 3 is 2.85 bits per heavy atom. The highest BCUT2D eigenvalue weighted by Gasteiger charge is 2.28. The number of ether oxygens (including phenoxy) is 1. The van der Waals surface area contributed by atoms with E-state index in [4.69, 9.17) is 9.84 Å². The fourth-order valence-electron chi connectivity index (χ4n) is 4.21. The second kappa shape index (κ2) is 9.80. The standard InChI is InChI=1S/C25H26FN5O2S/c1-2-33-22-8-4-3-6-18(22)14-27-23(32)19-7-5-13-30(15-19)25-29-31-16-21(28-24(31)34-25)17-9-11-20(26)12-10-17/h3-4,6,8-12,16,19H,2,5,7,13-15H2,1H3,(H,27,32)/t19-/m0/s1. The maximum Gasteiger partial charge on any atom is 0.225 e. The highest BCUT2D eigenvalue weighted by molar-refractivity contribution is 7.20. The zero-order valence-corrected chi connectivity index (χ0v) is 19.7. The molecule has 1 N–H and O–H groups in total. The van der Waals surface area contributed by atoms with Gasteiger partial charge in [-0.1, -0.05) is 29.5 Å². The van der Waals surface area contributed by atoms with Crippen LogP contribution in [0.5, 0.6) is 5.75 Å². The first-order valence-corrected chi connectivity index (χ1v) is 12.3. The van der Waals surface area contributed by atoms with Crippen molar-refractivity contribution < 1.29 is 13.9 Å². The number of aromatic nitrogens is 3. The van der Waals surface area contributed by atoms with Gasteiger partial charge in [-0.15, -0.1) is 5.10 Å². The predicted octanol–water partition coefficient (Wildman–Crippen LogP) is 4.53. The van der Waals surface area contributed by atoms with Crippen LogP contribution in [0.15, 0.2) is 54.7 Å². The fourth-order valence-corrected chi connectivity index (χ4v) is 5.13. The van der Waals surface area contributed by atoms with E-state index in [1.165, 1.54) is 23.5 Å². The predicted molar refractivity (Wildman–Crippen MR) is 131 cm³/mol. The molecule has 9 heteroatoms. The lowest BCUT2D eigenvalue weighted by atomic mass is 9.97. The number of fused-ring (bicyclic) bond motifs is 1. The average Bonchev–Trinajstić information content (AvgIpc) is 3.44. The Morgan fingerprint density at radius 2 is 2.06 bits per heavy atom. The number of piperidine rings is 1. The number of para-hydroxylation sites is 1. The van der Waals surface area contributed by atoms with Gasteiger partial charge in [-0.05, 0) is 50.1 Å². The zero-order valence-electron chi connectivity index (χ0n) is 18.9. The number of carbonyl (C=O) groups is 1. The second-order valence-electron chi connectivity index (χ2n) is 8.29. The van der Waals surface area contributed by atoms with Crippen LogP contribution in [0.3, 0.4) is 0 Å². The monoisotopic (exact) mass is 479 g/mol. The molecule has 1 amide bonds. The van der Waals surface area contributed by atoms with Gasteiger partial charge in [0.25, 0.3) is 0 Å². The van der Waals surface area contributed by atoms with Crippen LogP contribution in [-0.2, 0) is 11.3 Å². The van der Waals surface area contributed by atoms with Crippen LogP contribution in [-0.4, -0.2) is 40.2 Å². The van der Waals surface area contributed by atoms with Crippen molar-refractivity contribution in [2.45, 2.75) is 26.3 Å². The van der Waals surface area contributed by atoms with Crippen LogP contribution in [0.2, 0.25) is 0 Å². The molecule has 7 nitrogen and oxygen atoms in total. The number of hydrogen-bond donors (Lipinski definition) is 1. The molecular weight excluding hydrogens is 453 g/mol. The Kier molecular flexibility index (Phi) is 6.44. The molecule has 4 aromatic rings. The van der Waals surface area contributed by atoms with Gasteiger partial charge in [0.15, 0.2) is 0 Å². The Hall–Kier alpha value is -3.46. The summed E-state index contributed by atoms with van der Waals surface area (Å²) in [4.78, 5) is 20.5. The molecule has 0 aliphatic carbocycles. The number of nitrogens with one attached hydrogen (secondary N) is 1. The van der Waals surface area contributed by atoms with E-state index in [2.05, 4.69) is 15.2 Å². The summed E-state index contributed by atoms with van der Waals surface area (Å²) in [6.45, 7) is 4.47. The first kappa shape index (κ1) is 22.3. The summed E-state index contributed by atoms with van der Waals surface area (Å²) in [5.41, 5.74) is 2.58. The number of rotatable bonds is 7. The van der Waals surface area contributed by atoms with Crippen LogP contribution >= 0.6 is 11.3 Å². The molecule has 0 radical (unpaired) electrons. The number of imidazole rings is 1. The van der Waals surface area contributed by atoms with E-state index in [0.717, 1.165) is 52.0 Å². The van der Waals surface area contributed by atoms with E-state index in [9.17, 15) is 9.18 Å². The minimum atomic E-state index is -0.271. The molecule has 2 aromatic carbocycles. The summed E-state index contributed by atoms with van der Waals surface area (Å²) < 4.78 is 20.6. The lowest BCUT2D eigenvalue weighted by Crippen LogP contribution is -2.43. The number of anilines is 1. The Morgan fingerprint density at radius 1 is 1.24 bits per heavy atom. The highest BCUT2D eigenvalue weighted by Crippen LogP contribution is 2.30. The number of hydrogen-bond acceptors (Lipinski definition) is 6. The van der Waals surface area contributed by atoms with E-state index in [0.29, 0.717) is 19.7 Å². The minimum absolute atomic E-state index is 0.0518. The van der Waals surface area contributed by atoms with Gasteiger partial charge in [0, 0.05) is 30.8 Å². The molecule has 2 aromatic heterocycles. The van der Waals surface area contributed by atoms with Crippen molar-refractivity contribution in [3.63, 3.8) is 0 Å². The number of carbonyl (C=O) groups excluding carboxylic acids is 1. The van der Waals surface area contributed by atoms with Gasteiger partial charge < -0.3 is 15.0 Å². The molecule has 3 heterocycles. The van der Waals surface area contributed by atoms with Crippen molar-refractivity contribution in [1.29, 1.82) is 0 Å². The molecule has 0 saturated carbocycles. The van der Waals surface area contributed by atoms with Gasteiger partial charge >= 0.3 is 0 Å². The van der Waals surface area contributed by atoms with Crippen LogP contribution in [0.1, 0.15) is 25.3 Å². The number of amides is 1. The molecule has 0 spiro atoms. The quantitative estimate of drug-likeness (QED) is 0.422. The fraction of sp³-hybridized carbons (Fsp3) is 0.320. The van der Waals surface area contributed by atoms with Gasteiger partial charge in [0.2, 0.25) is 16.0 Å². The first-order chi connectivity index (χ1) is 16.6. The average molecular weight is 480 g/mol. The normalized spacial score (nSPS) is 16.1. The minimum Gasteiger partial charge on any atom is -0.494 e. The van der Waals surface area contributed by atoms with Gasteiger partial charge in [-0.2, -0.15) is 0 Å². The third-order valence-corrected chi connectivity index (χ3v) is 6.94. The maximum atomic E-state index is 13.2. The molecule has 1 aliphatic rings. The Bertz CT molecular complexity index is 1250. The topological polar surface area (TPSA) is 71.8 Å². The van der Waals surface area contributed by atoms with E-state index in [1.807, 2.05) is 37.4 Å². The second-order valence-corrected chi connectivity index (χ2v) is 9.22. The van der Waals surface area contributed by atoms with Crippen molar-refractivity contribution in [1.82, 2.24) is 19.9 Å². The van der Waals surface area contributed by atoms with E-state index in [-0.39, 0.29) is 17.6 Å². The van der Waals surface area contributed by atoms with Gasteiger partial charge in [-0.25, -0.2) is 13.9 Å². The van der Waals surface area contributed by atoms with Crippen molar-refractivity contribution in [3.8, 4) is 17.0 Å². The van der Waals surface area contributed by atoms with Crippen molar-refractivity contribution in [2.24, 2.45) is 5.92 Å². The van der Waals surface area contributed by atoms with E-state index >= 15 is 0 Å². The third kappa shape index (κ3) is 4.75. The SMILES string of the molecule is CCOc1ccccc1CNC(=O)[C@H]1CCCN(c2nn3cc(-c4ccc(F)cc4)nc3s2)C1. The molecule has 1 aliphatic heterocycles. The largest absolute Gasteiger partial charge is 0.494 e. The summed E-state index contributed by atoms with van der Waals surface area (Å²) in [7, 11) is 0. The number of halogens is 1. The summed E-state index contributed by atoms with van der Waals surface area (Å²) in [5.74, 6) is 0.490. The maximum absolute atomic E-state index is 13.2. The molecule has 1 fully saturated rings. The van der Waals surface area contributed by atoms with E-state index < -0.39 is 0 Å². The first-order valence-electron chi connectivity index (χ1n) is 11.5. The lowest BCUT2D eigenvalue weighted by Gasteiger charge is -2.31. The van der Waals surface area contributed by atoms with Crippen molar-refractivity contribution in [3.05, 3.63) is 66.1 Å². The van der Waals surface area contributed by atoms with E-state index in [1.54, 1.807) is 16.6 Å². The molecule has 1 atom stereocenters. The number of benzene rings is 2. The summed E-state index contributed by atoms with van der Waals surface area (Å²) in [6.07, 6.45) is 3.63. The van der Waals surface area contributed by atoms with Crippen molar-refractivity contribution >= 4 is 27.3 Å². The third-order valence-electron chi connectivity index (χ3n) is 5.96. The summed E-state index contributed by atoms with van der Waals surface area (Å²) >= 11 is 1.50. The molecule has 1 saturated heterocycles. The molecule has 0 bridgehead atoms. The van der Waals surface area contributed by atoms with Crippen LogP contribution in [0.4, 0.5) is 9.52 Å². The Balaban J connectivity index is 1.23. The van der Waals surface area contributed by atoms with Gasteiger partial charge in [-0.3, -0.25) is 4.79 Å². The molecule has 5 rings (SSSR count). The van der Waals surface area contributed by atoms with Crippen LogP contribution in [0, 0.1) is 11.7 Å². The van der Waals surface area contributed by atoms with Gasteiger partial charge in [0.05, 0.1) is 24.4 Å². The Labute approximate surface area is 201 Å².